The Morgan fingerprint density at radius 3 is 2.44 bits per heavy atom. The molecule has 0 aliphatic carbocycles. The molecule has 0 saturated carbocycles. The molecule has 0 spiro atoms. The third kappa shape index (κ3) is 5.85. The number of nitrogens with one attached hydrogen (secondary N) is 1. The van der Waals surface area contributed by atoms with Gasteiger partial charge in [-0.3, -0.25) is 4.79 Å². The van der Waals surface area contributed by atoms with Gasteiger partial charge in [0.15, 0.2) is 5.75 Å². The van der Waals surface area contributed by atoms with Gasteiger partial charge in [-0.15, -0.1) is 0 Å². The van der Waals surface area contributed by atoms with Gasteiger partial charge in [-0.1, -0.05) is 46.3 Å². The van der Waals surface area contributed by atoms with E-state index in [4.69, 9.17) is 4.18 Å². The third-order valence-corrected chi connectivity index (χ3v) is 6.49. The van der Waals surface area contributed by atoms with Crippen LogP contribution < -0.4 is 9.50 Å². The number of nitriles is 1. The number of hydrogen-bond donors (Lipinski definition) is 1. The van der Waals surface area contributed by atoms with Crippen LogP contribution in [0.4, 0.5) is 5.69 Å². The molecule has 0 aliphatic rings. The molecule has 0 fully saturated rings. The van der Waals surface area contributed by atoms with Crippen LogP contribution in [0.5, 0.6) is 5.75 Å². The Bertz CT molecular complexity index is 1350. The second kappa shape index (κ2) is 10.1. The lowest BCUT2D eigenvalue weighted by molar-refractivity contribution is -0.112. The largest absolute Gasteiger partial charge is 0.377 e. The van der Waals surface area contributed by atoms with Crippen LogP contribution in [-0.4, -0.2) is 14.3 Å². The molecular formula is C23H16Br2N2O4S. The van der Waals surface area contributed by atoms with E-state index < -0.39 is 16.0 Å². The van der Waals surface area contributed by atoms with Gasteiger partial charge in [0, 0.05) is 15.7 Å². The van der Waals surface area contributed by atoms with Crippen LogP contribution in [0.25, 0.3) is 6.08 Å². The highest BCUT2D eigenvalue weighted by Crippen LogP contribution is 2.36. The van der Waals surface area contributed by atoms with E-state index in [-0.39, 0.29) is 21.8 Å². The zero-order valence-electron chi connectivity index (χ0n) is 16.7. The first-order chi connectivity index (χ1) is 15.2. The van der Waals surface area contributed by atoms with Crippen molar-refractivity contribution in [2.75, 3.05) is 5.32 Å². The molecule has 0 unspecified atom stereocenters. The summed E-state index contributed by atoms with van der Waals surface area (Å²) in [6.07, 6.45) is 1.27. The van der Waals surface area contributed by atoms with Crippen LogP contribution in [0.15, 0.2) is 86.1 Å². The lowest BCUT2D eigenvalue weighted by Gasteiger charge is -2.13. The number of nitrogens with zero attached hydrogens (tertiary/aromatic N) is 1. The molecule has 0 aromatic heterocycles. The highest BCUT2D eigenvalue weighted by Gasteiger charge is 2.21. The summed E-state index contributed by atoms with van der Waals surface area (Å²) < 4.78 is 31.8. The fraction of sp³-hybridized carbons (Fsp3) is 0.0435. The van der Waals surface area contributed by atoms with E-state index in [2.05, 4.69) is 37.2 Å². The van der Waals surface area contributed by atoms with E-state index in [1.54, 1.807) is 48.5 Å². The van der Waals surface area contributed by atoms with E-state index in [0.717, 1.165) is 5.56 Å². The van der Waals surface area contributed by atoms with Gasteiger partial charge >= 0.3 is 10.1 Å². The highest BCUT2D eigenvalue weighted by atomic mass is 79.9. The molecule has 0 aliphatic heterocycles. The van der Waals surface area contributed by atoms with Gasteiger partial charge < -0.3 is 9.50 Å². The molecule has 3 aromatic rings. The normalized spacial score (nSPS) is 11.5. The first kappa shape index (κ1) is 23.7. The van der Waals surface area contributed by atoms with Gasteiger partial charge in [0.05, 0.1) is 4.47 Å². The van der Waals surface area contributed by atoms with Gasteiger partial charge in [0.1, 0.15) is 16.5 Å². The van der Waals surface area contributed by atoms with Crippen LogP contribution in [0.1, 0.15) is 11.1 Å². The predicted molar refractivity (Wildman–Crippen MR) is 129 cm³/mol. The summed E-state index contributed by atoms with van der Waals surface area (Å²) >= 11 is 6.64. The Morgan fingerprint density at radius 2 is 1.78 bits per heavy atom. The molecule has 162 valence electrons. The zero-order valence-corrected chi connectivity index (χ0v) is 20.7. The molecule has 0 heterocycles. The van der Waals surface area contributed by atoms with Crippen LogP contribution in [0, 0.1) is 18.3 Å². The number of hydrogen-bond acceptors (Lipinski definition) is 5. The van der Waals surface area contributed by atoms with E-state index >= 15 is 0 Å². The molecular weight excluding hydrogens is 560 g/mol. The molecule has 32 heavy (non-hydrogen) atoms. The van der Waals surface area contributed by atoms with Crippen molar-refractivity contribution >= 4 is 59.6 Å². The van der Waals surface area contributed by atoms with Crippen LogP contribution in [0.2, 0.25) is 0 Å². The summed E-state index contributed by atoms with van der Waals surface area (Å²) in [4.78, 5) is 12.6. The number of carbonyl (C=O) groups is 1. The van der Waals surface area contributed by atoms with E-state index in [1.807, 2.05) is 19.1 Å². The molecule has 0 radical (unpaired) electrons. The minimum Gasteiger partial charge on any atom is -0.377 e. The third-order valence-electron chi connectivity index (χ3n) is 4.20. The van der Waals surface area contributed by atoms with Crippen molar-refractivity contribution < 1.29 is 17.4 Å². The Morgan fingerprint density at radius 1 is 1.06 bits per heavy atom. The summed E-state index contributed by atoms with van der Waals surface area (Å²) in [6, 6.07) is 19.8. The molecule has 1 N–H and O–H groups in total. The molecule has 3 aromatic carbocycles. The Hall–Kier alpha value is -2.93. The summed E-state index contributed by atoms with van der Waals surface area (Å²) in [5.41, 5.74) is 1.48. The maximum atomic E-state index is 12.7. The van der Waals surface area contributed by atoms with E-state index in [0.29, 0.717) is 14.6 Å². The molecule has 9 heteroatoms. The van der Waals surface area contributed by atoms with Crippen LogP contribution in [0.3, 0.4) is 0 Å². The Kier molecular flexibility index (Phi) is 7.51. The fourth-order valence-corrected chi connectivity index (χ4v) is 5.18. The molecule has 0 atom stereocenters. The predicted octanol–water partition coefficient (Wildman–Crippen LogP) is 5.83. The summed E-state index contributed by atoms with van der Waals surface area (Å²) in [5.74, 6) is -0.681. The average molecular weight is 576 g/mol. The summed E-state index contributed by atoms with van der Waals surface area (Å²) in [5, 5.41) is 12.2. The van der Waals surface area contributed by atoms with Crippen LogP contribution in [-0.2, 0) is 14.9 Å². The number of benzene rings is 3. The second-order valence-electron chi connectivity index (χ2n) is 6.65. The quantitative estimate of drug-likeness (QED) is 0.226. The lowest BCUT2D eigenvalue weighted by atomic mass is 10.1. The smallest absolute Gasteiger partial charge is 0.339 e. The monoisotopic (exact) mass is 574 g/mol. The molecule has 0 saturated heterocycles. The average Bonchev–Trinajstić information content (AvgIpc) is 2.74. The van der Waals surface area contributed by atoms with Gasteiger partial charge in [-0.05, 0) is 70.9 Å². The molecule has 3 rings (SSSR count). The maximum absolute atomic E-state index is 12.7. The van der Waals surface area contributed by atoms with Gasteiger partial charge in [-0.2, -0.15) is 13.7 Å². The second-order valence-corrected chi connectivity index (χ2v) is 9.97. The molecule has 0 bridgehead atoms. The summed E-state index contributed by atoms with van der Waals surface area (Å²) in [6.45, 7) is 1.88. The maximum Gasteiger partial charge on any atom is 0.339 e. The SMILES string of the molecule is Cc1cccc(NC(=O)/C(C#N)=C/c2cc(Br)cc(Br)c2OS(=O)(=O)c2ccccc2)c1. The van der Waals surface area contributed by atoms with Crippen LogP contribution >= 0.6 is 31.9 Å². The van der Waals surface area contributed by atoms with Crippen molar-refractivity contribution in [2.24, 2.45) is 0 Å². The number of aryl methyl sites for hydroxylation is 1. The van der Waals surface area contributed by atoms with Crippen molar-refractivity contribution in [2.45, 2.75) is 11.8 Å². The number of anilines is 1. The topological polar surface area (TPSA) is 96.3 Å². The lowest BCUT2D eigenvalue weighted by Crippen LogP contribution is -2.14. The van der Waals surface area contributed by atoms with Gasteiger partial charge in [0.2, 0.25) is 0 Å². The molecule has 1 amide bonds. The minimum absolute atomic E-state index is 0.0255. The minimum atomic E-state index is -4.15. The number of rotatable bonds is 6. The fourth-order valence-electron chi connectivity index (χ4n) is 2.75. The van der Waals surface area contributed by atoms with Crippen molar-refractivity contribution in [1.82, 2.24) is 0 Å². The van der Waals surface area contributed by atoms with E-state index in [9.17, 15) is 18.5 Å². The zero-order chi connectivity index (χ0) is 23.3. The van der Waals surface area contributed by atoms with Gasteiger partial charge in [-0.25, -0.2) is 0 Å². The highest BCUT2D eigenvalue weighted by molar-refractivity contribution is 9.11. The standard InChI is InChI=1S/C23H16Br2N2O4S/c1-15-6-5-7-19(10-15)27-23(28)17(14-26)11-16-12-18(24)13-21(25)22(16)31-32(29,30)20-8-3-2-4-9-20/h2-13H,1H3,(H,27,28)/b17-11+. The summed E-state index contributed by atoms with van der Waals surface area (Å²) in [7, 11) is -4.15. The number of halogens is 2. The first-order valence-electron chi connectivity index (χ1n) is 9.18. The Balaban J connectivity index is 2.00. The van der Waals surface area contributed by atoms with Crippen molar-refractivity contribution in [3.8, 4) is 11.8 Å². The molecule has 6 nitrogen and oxygen atoms in total. The van der Waals surface area contributed by atoms with Crippen molar-refractivity contribution in [3.05, 3.63) is 92.4 Å². The van der Waals surface area contributed by atoms with Crippen molar-refractivity contribution in [3.63, 3.8) is 0 Å². The first-order valence-corrected chi connectivity index (χ1v) is 12.2. The van der Waals surface area contributed by atoms with Gasteiger partial charge in [0.25, 0.3) is 5.91 Å². The van der Waals surface area contributed by atoms with Crippen molar-refractivity contribution in [1.29, 1.82) is 5.26 Å². The number of amides is 1. The Labute approximate surface area is 202 Å². The van der Waals surface area contributed by atoms with E-state index in [1.165, 1.54) is 18.2 Å². The number of carbonyl (C=O) groups excluding carboxylic acids is 1.